The molecule has 2 N–H and O–H groups in total. The van der Waals surface area contributed by atoms with Crippen molar-refractivity contribution >= 4 is 12.4 Å². The molecule has 0 aromatic heterocycles. The van der Waals surface area contributed by atoms with Crippen LogP contribution in [0.3, 0.4) is 0 Å². The summed E-state index contributed by atoms with van der Waals surface area (Å²) in [6, 6.07) is 0.668. The molecule has 0 saturated carbocycles. The van der Waals surface area contributed by atoms with E-state index in [-0.39, 0.29) is 12.4 Å². The van der Waals surface area contributed by atoms with Gasteiger partial charge in [-0.05, 0) is 32.2 Å². The van der Waals surface area contributed by atoms with Crippen molar-refractivity contribution < 1.29 is 5.11 Å². The molecule has 1 aliphatic rings. The molecule has 0 radical (unpaired) electrons. The first-order valence-corrected chi connectivity index (χ1v) is 3.67. The molecule has 0 bridgehead atoms. The summed E-state index contributed by atoms with van der Waals surface area (Å²) >= 11 is 0. The first-order valence-electron chi connectivity index (χ1n) is 3.67. The average Bonchev–Trinajstić information content (AvgIpc) is 2.17. The Morgan fingerprint density at radius 2 is 2.30 bits per heavy atom. The van der Waals surface area contributed by atoms with Crippen molar-refractivity contribution in [2.24, 2.45) is 5.92 Å². The molecular formula is C7H16ClNO. The summed E-state index contributed by atoms with van der Waals surface area (Å²) < 4.78 is 0. The number of rotatable bonds is 2. The molecule has 0 spiro atoms. The van der Waals surface area contributed by atoms with E-state index in [9.17, 15) is 0 Å². The Bertz CT molecular complexity index is 87.7. The minimum Gasteiger partial charge on any atom is -0.396 e. The van der Waals surface area contributed by atoms with Crippen LogP contribution in [0, 0.1) is 5.92 Å². The smallest absolute Gasteiger partial charge is 0.0434 e. The van der Waals surface area contributed by atoms with Crippen molar-refractivity contribution in [1.29, 1.82) is 0 Å². The lowest BCUT2D eigenvalue weighted by atomic mass is 10.0. The van der Waals surface area contributed by atoms with Gasteiger partial charge < -0.3 is 10.4 Å². The van der Waals surface area contributed by atoms with Gasteiger partial charge >= 0.3 is 0 Å². The zero-order valence-corrected chi connectivity index (χ0v) is 7.16. The number of hydrogen-bond donors (Lipinski definition) is 2. The lowest BCUT2D eigenvalue weighted by Crippen LogP contribution is -2.16. The summed E-state index contributed by atoms with van der Waals surface area (Å²) in [5.41, 5.74) is 0. The molecule has 2 nitrogen and oxygen atoms in total. The molecule has 1 aliphatic heterocycles. The monoisotopic (exact) mass is 165 g/mol. The molecule has 1 heterocycles. The van der Waals surface area contributed by atoms with Gasteiger partial charge in [-0.3, -0.25) is 0 Å². The van der Waals surface area contributed by atoms with Gasteiger partial charge in [-0.1, -0.05) is 0 Å². The fraction of sp³-hybridized carbons (Fsp3) is 1.00. The predicted molar refractivity (Wildman–Crippen MR) is 44.5 cm³/mol. The lowest BCUT2D eigenvalue weighted by Gasteiger charge is -2.03. The van der Waals surface area contributed by atoms with Crippen LogP contribution in [0.5, 0.6) is 0 Å². The van der Waals surface area contributed by atoms with Crippen molar-refractivity contribution in [3.63, 3.8) is 0 Å². The van der Waals surface area contributed by atoms with Crippen molar-refractivity contribution in [2.45, 2.75) is 25.8 Å². The van der Waals surface area contributed by atoms with Gasteiger partial charge in [-0.15, -0.1) is 12.4 Å². The fourth-order valence-corrected chi connectivity index (χ4v) is 1.44. The number of aliphatic hydroxyl groups is 1. The number of aliphatic hydroxyl groups excluding tert-OH is 1. The van der Waals surface area contributed by atoms with Crippen LogP contribution in [0.4, 0.5) is 0 Å². The summed E-state index contributed by atoms with van der Waals surface area (Å²) in [6.07, 6.45) is 2.21. The molecule has 1 saturated heterocycles. The second kappa shape index (κ2) is 4.94. The molecule has 10 heavy (non-hydrogen) atoms. The average molecular weight is 166 g/mol. The van der Waals surface area contributed by atoms with Crippen LogP contribution in [0.15, 0.2) is 0 Å². The number of halogens is 1. The third-order valence-corrected chi connectivity index (χ3v) is 1.98. The Balaban J connectivity index is 0.000000810. The minimum absolute atomic E-state index is 0. The van der Waals surface area contributed by atoms with Crippen LogP contribution in [0.25, 0.3) is 0 Å². The second-order valence-electron chi connectivity index (χ2n) is 2.92. The third-order valence-electron chi connectivity index (χ3n) is 1.98. The van der Waals surface area contributed by atoms with Crippen LogP contribution in [-0.2, 0) is 0 Å². The van der Waals surface area contributed by atoms with E-state index in [2.05, 4.69) is 12.2 Å². The molecule has 0 aromatic carbocycles. The summed E-state index contributed by atoms with van der Waals surface area (Å²) in [5.74, 6) is 0.727. The highest BCUT2D eigenvalue weighted by atomic mass is 35.5. The summed E-state index contributed by atoms with van der Waals surface area (Å²) in [4.78, 5) is 0. The zero-order chi connectivity index (χ0) is 6.69. The van der Waals surface area contributed by atoms with E-state index in [1.807, 2.05) is 0 Å². The fourth-order valence-electron chi connectivity index (χ4n) is 1.44. The molecule has 0 aliphatic carbocycles. The maximum absolute atomic E-state index is 8.59. The highest BCUT2D eigenvalue weighted by Gasteiger charge is 2.19. The third kappa shape index (κ3) is 2.86. The molecule has 2 atom stereocenters. The Kier molecular flexibility index (Phi) is 5.04. The topological polar surface area (TPSA) is 32.3 Å². The van der Waals surface area contributed by atoms with Crippen molar-refractivity contribution in [3.05, 3.63) is 0 Å². The molecular weight excluding hydrogens is 150 g/mol. The normalized spacial score (nSPS) is 31.8. The minimum atomic E-state index is 0. The molecule has 1 fully saturated rings. The van der Waals surface area contributed by atoms with E-state index in [0.717, 1.165) is 18.9 Å². The molecule has 62 valence electrons. The first-order chi connectivity index (χ1) is 4.33. The van der Waals surface area contributed by atoms with Gasteiger partial charge in [-0.2, -0.15) is 0 Å². The van der Waals surface area contributed by atoms with Gasteiger partial charge in [-0.25, -0.2) is 0 Å². The van der Waals surface area contributed by atoms with Gasteiger partial charge in [0.15, 0.2) is 0 Å². The Morgan fingerprint density at radius 3 is 2.70 bits per heavy atom. The van der Waals surface area contributed by atoms with Crippen LogP contribution < -0.4 is 5.32 Å². The van der Waals surface area contributed by atoms with E-state index >= 15 is 0 Å². The molecule has 1 rings (SSSR count). The molecule has 0 aromatic rings. The SMILES string of the molecule is CC1CC(CCO)CN1.Cl. The molecule has 0 amide bonds. The van der Waals surface area contributed by atoms with Crippen LogP contribution >= 0.6 is 12.4 Å². The van der Waals surface area contributed by atoms with Gasteiger partial charge in [0.05, 0.1) is 0 Å². The van der Waals surface area contributed by atoms with Gasteiger partial charge in [0, 0.05) is 12.6 Å². The van der Waals surface area contributed by atoms with E-state index in [1.54, 1.807) is 0 Å². The highest BCUT2D eigenvalue weighted by Crippen LogP contribution is 2.15. The largest absolute Gasteiger partial charge is 0.396 e. The molecule has 3 heteroatoms. The lowest BCUT2D eigenvalue weighted by molar-refractivity contribution is 0.261. The van der Waals surface area contributed by atoms with E-state index in [0.29, 0.717) is 12.6 Å². The maximum atomic E-state index is 8.59. The van der Waals surface area contributed by atoms with Crippen molar-refractivity contribution in [2.75, 3.05) is 13.2 Å². The second-order valence-corrected chi connectivity index (χ2v) is 2.92. The van der Waals surface area contributed by atoms with E-state index < -0.39 is 0 Å². The van der Waals surface area contributed by atoms with Crippen LogP contribution in [-0.4, -0.2) is 24.3 Å². The summed E-state index contributed by atoms with van der Waals surface area (Å²) in [6.45, 7) is 3.64. The van der Waals surface area contributed by atoms with Gasteiger partial charge in [0.2, 0.25) is 0 Å². The predicted octanol–water partition coefficient (Wildman–Crippen LogP) is 0.789. The number of nitrogens with one attached hydrogen (secondary N) is 1. The maximum Gasteiger partial charge on any atom is 0.0434 e. The quantitative estimate of drug-likeness (QED) is 0.634. The molecule has 2 unspecified atom stereocenters. The van der Waals surface area contributed by atoms with Crippen LogP contribution in [0.1, 0.15) is 19.8 Å². The zero-order valence-electron chi connectivity index (χ0n) is 6.34. The standard InChI is InChI=1S/C7H15NO.ClH/c1-6-4-7(2-3-9)5-8-6;/h6-9H,2-5H2,1H3;1H. The van der Waals surface area contributed by atoms with E-state index in [1.165, 1.54) is 6.42 Å². The van der Waals surface area contributed by atoms with Crippen molar-refractivity contribution in [3.8, 4) is 0 Å². The summed E-state index contributed by atoms with van der Waals surface area (Å²) in [5, 5.41) is 11.9. The highest BCUT2D eigenvalue weighted by molar-refractivity contribution is 5.85. The Morgan fingerprint density at radius 1 is 1.60 bits per heavy atom. The van der Waals surface area contributed by atoms with E-state index in [4.69, 9.17) is 5.11 Å². The van der Waals surface area contributed by atoms with Crippen LogP contribution in [0.2, 0.25) is 0 Å². The first kappa shape index (κ1) is 10.2. The van der Waals surface area contributed by atoms with Gasteiger partial charge in [0.25, 0.3) is 0 Å². The summed E-state index contributed by atoms with van der Waals surface area (Å²) in [7, 11) is 0. The van der Waals surface area contributed by atoms with Gasteiger partial charge in [0.1, 0.15) is 0 Å². The Labute approximate surface area is 68.4 Å². The Hall–Kier alpha value is 0.210. The number of hydrogen-bond acceptors (Lipinski definition) is 2. The van der Waals surface area contributed by atoms with Crippen molar-refractivity contribution in [1.82, 2.24) is 5.32 Å².